The third kappa shape index (κ3) is 2.29. The highest BCUT2D eigenvalue weighted by Gasteiger charge is 2.30. The zero-order valence-electron chi connectivity index (χ0n) is 11.8. The van der Waals surface area contributed by atoms with E-state index in [9.17, 15) is 0 Å². The van der Waals surface area contributed by atoms with Crippen molar-refractivity contribution in [3.05, 3.63) is 29.7 Å². The van der Waals surface area contributed by atoms with E-state index in [0.29, 0.717) is 11.7 Å². The van der Waals surface area contributed by atoms with E-state index in [1.807, 2.05) is 25.1 Å². The lowest BCUT2D eigenvalue weighted by Gasteiger charge is -2.08. The van der Waals surface area contributed by atoms with Gasteiger partial charge >= 0.3 is 0 Å². The Bertz CT molecular complexity index is 609. The molecule has 2 unspecified atom stereocenters. The Morgan fingerprint density at radius 2 is 2.20 bits per heavy atom. The highest BCUT2D eigenvalue weighted by molar-refractivity contribution is 5.58. The van der Waals surface area contributed by atoms with Crippen LogP contribution in [0.25, 0.3) is 11.4 Å². The monoisotopic (exact) mass is 273 g/mol. The Kier molecular flexibility index (Phi) is 3.44. The average Bonchev–Trinajstić information content (AvgIpc) is 3.07. The number of aromatic nitrogens is 2. The largest absolute Gasteiger partial charge is 0.496 e. The maximum Gasteiger partial charge on any atom is 0.231 e. The Morgan fingerprint density at radius 1 is 1.35 bits per heavy atom. The van der Waals surface area contributed by atoms with Gasteiger partial charge in [-0.3, -0.25) is 0 Å². The van der Waals surface area contributed by atoms with E-state index in [2.05, 4.69) is 10.1 Å². The molecule has 1 aliphatic rings. The van der Waals surface area contributed by atoms with Crippen molar-refractivity contribution in [1.82, 2.24) is 10.1 Å². The molecule has 20 heavy (non-hydrogen) atoms. The highest BCUT2D eigenvalue weighted by atomic mass is 16.5. The summed E-state index contributed by atoms with van der Waals surface area (Å²) in [5.74, 6) is 2.34. The fourth-order valence-electron chi connectivity index (χ4n) is 2.82. The molecule has 1 saturated carbocycles. The summed E-state index contributed by atoms with van der Waals surface area (Å²) in [4.78, 5) is 4.51. The third-order valence-electron chi connectivity index (χ3n) is 3.98. The summed E-state index contributed by atoms with van der Waals surface area (Å²) >= 11 is 0. The van der Waals surface area contributed by atoms with Crippen LogP contribution >= 0.6 is 0 Å². The van der Waals surface area contributed by atoms with Gasteiger partial charge in [0.15, 0.2) is 0 Å². The van der Waals surface area contributed by atoms with Crippen LogP contribution in [-0.2, 0) is 0 Å². The van der Waals surface area contributed by atoms with Gasteiger partial charge in [0.2, 0.25) is 11.7 Å². The second-order valence-corrected chi connectivity index (χ2v) is 5.34. The van der Waals surface area contributed by atoms with Gasteiger partial charge in [0.05, 0.1) is 13.0 Å². The van der Waals surface area contributed by atoms with E-state index < -0.39 is 0 Å². The number of hydrogen-bond acceptors (Lipinski definition) is 5. The summed E-state index contributed by atoms with van der Waals surface area (Å²) in [6, 6.07) is 6.00. The smallest absolute Gasteiger partial charge is 0.231 e. The summed E-state index contributed by atoms with van der Waals surface area (Å²) in [6.07, 6.45) is 3.19. The zero-order valence-corrected chi connectivity index (χ0v) is 11.8. The number of benzene rings is 1. The van der Waals surface area contributed by atoms with Gasteiger partial charge in [0.25, 0.3) is 0 Å². The molecule has 0 aliphatic heterocycles. The molecule has 0 amide bonds. The Hall–Kier alpha value is -1.88. The normalized spacial score (nSPS) is 22.1. The SMILES string of the molecule is COc1ccc(-c2noc(C3CCCC3N)n2)cc1C. The van der Waals surface area contributed by atoms with E-state index in [1.54, 1.807) is 7.11 Å². The molecule has 1 aliphatic carbocycles. The first kappa shape index (κ1) is 13.1. The summed E-state index contributed by atoms with van der Waals surface area (Å²) in [5.41, 5.74) is 8.06. The molecular weight excluding hydrogens is 254 g/mol. The van der Waals surface area contributed by atoms with Crippen molar-refractivity contribution in [2.45, 2.75) is 38.1 Å². The topological polar surface area (TPSA) is 74.2 Å². The number of nitrogens with zero attached hydrogens (tertiary/aromatic N) is 2. The Morgan fingerprint density at radius 3 is 2.85 bits per heavy atom. The van der Waals surface area contributed by atoms with Crippen LogP contribution in [0, 0.1) is 6.92 Å². The molecule has 2 aromatic rings. The van der Waals surface area contributed by atoms with Crippen molar-refractivity contribution in [2.75, 3.05) is 7.11 Å². The molecule has 0 saturated heterocycles. The van der Waals surface area contributed by atoms with Gasteiger partial charge in [-0.2, -0.15) is 4.98 Å². The second kappa shape index (κ2) is 5.25. The standard InChI is InChI=1S/C15H19N3O2/c1-9-8-10(6-7-13(9)19-2)14-17-15(20-18-14)11-4-3-5-12(11)16/h6-8,11-12H,3-5,16H2,1-2H3. The van der Waals surface area contributed by atoms with Crippen LogP contribution < -0.4 is 10.5 Å². The molecule has 1 heterocycles. The molecule has 0 bridgehead atoms. The Labute approximate surface area is 118 Å². The Balaban J connectivity index is 1.88. The molecule has 3 rings (SSSR count). The van der Waals surface area contributed by atoms with E-state index in [1.165, 1.54) is 0 Å². The van der Waals surface area contributed by atoms with Crippen molar-refractivity contribution in [1.29, 1.82) is 0 Å². The van der Waals surface area contributed by atoms with Crippen LogP contribution in [0.4, 0.5) is 0 Å². The predicted molar refractivity (Wildman–Crippen MR) is 75.6 cm³/mol. The number of aryl methyl sites for hydroxylation is 1. The van der Waals surface area contributed by atoms with Crippen LogP contribution in [0.3, 0.4) is 0 Å². The second-order valence-electron chi connectivity index (χ2n) is 5.34. The number of hydrogen-bond donors (Lipinski definition) is 1. The van der Waals surface area contributed by atoms with E-state index in [4.69, 9.17) is 15.0 Å². The molecule has 1 aromatic heterocycles. The first-order valence-electron chi connectivity index (χ1n) is 6.93. The maximum atomic E-state index is 6.08. The van der Waals surface area contributed by atoms with E-state index >= 15 is 0 Å². The molecule has 2 N–H and O–H groups in total. The lowest BCUT2D eigenvalue weighted by atomic mass is 10.0. The average molecular weight is 273 g/mol. The lowest BCUT2D eigenvalue weighted by Crippen LogP contribution is -2.22. The summed E-state index contributed by atoms with van der Waals surface area (Å²) < 4.78 is 10.7. The number of methoxy groups -OCH3 is 1. The minimum Gasteiger partial charge on any atom is -0.496 e. The van der Waals surface area contributed by atoms with Gasteiger partial charge in [-0.1, -0.05) is 11.6 Å². The summed E-state index contributed by atoms with van der Waals surface area (Å²) in [6.45, 7) is 2.00. The predicted octanol–water partition coefficient (Wildman–Crippen LogP) is 2.65. The van der Waals surface area contributed by atoms with Crippen molar-refractivity contribution in [3.63, 3.8) is 0 Å². The molecule has 0 radical (unpaired) electrons. The molecule has 5 heteroatoms. The quantitative estimate of drug-likeness (QED) is 0.930. The van der Waals surface area contributed by atoms with Crippen LogP contribution in [0.15, 0.2) is 22.7 Å². The third-order valence-corrected chi connectivity index (χ3v) is 3.98. The van der Waals surface area contributed by atoms with Gasteiger partial charge in [-0.25, -0.2) is 0 Å². The van der Waals surface area contributed by atoms with Crippen molar-refractivity contribution in [3.8, 4) is 17.1 Å². The van der Waals surface area contributed by atoms with Crippen molar-refractivity contribution >= 4 is 0 Å². The molecule has 1 aromatic carbocycles. The van der Waals surface area contributed by atoms with Gasteiger partial charge in [0, 0.05) is 11.6 Å². The molecule has 0 spiro atoms. The first-order valence-corrected chi connectivity index (χ1v) is 6.93. The van der Waals surface area contributed by atoms with Gasteiger partial charge in [0.1, 0.15) is 5.75 Å². The first-order chi connectivity index (χ1) is 9.69. The molecule has 1 fully saturated rings. The fourth-order valence-corrected chi connectivity index (χ4v) is 2.82. The van der Waals surface area contributed by atoms with Crippen LogP contribution in [-0.4, -0.2) is 23.3 Å². The van der Waals surface area contributed by atoms with Gasteiger partial charge < -0.3 is 15.0 Å². The van der Waals surface area contributed by atoms with E-state index in [-0.39, 0.29) is 12.0 Å². The molecule has 106 valence electrons. The zero-order chi connectivity index (χ0) is 14.1. The molecule has 2 atom stereocenters. The van der Waals surface area contributed by atoms with Crippen LogP contribution in [0.2, 0.25) is 0 Å². The van der Waals surface area contributed by atoms with Gasteiger partial charge in [-0.05, 0) is 43.5 Å². The van der Waals surface area contributed by atoms with Crippen LogP contribution in [0.1, 0.15) is 36.6 Å². The number of ether oxygens (including phenoxy) is 1. The lowest BCUT2D eigenvalue weighted by molar-refractivity contribution is 0.345. The highest BCUT2D eigenvalue weighted by Crippen LogP contribution is 2.33. The van der Waals surface area contributed by atoms with Crippen molar-refractivity contribution in [2.24, 2.45) is 5.73 Å². The minimum atomic E-state index is 0.140. The minimum absolute atomic E-state index is 0.140. The van der Waals surface area contributed by atoms with Crippen LogP contribution in [0.5, 0.6) is 5.75 Å². The number of nitrogens with two attached hydrogens (primary N) is 1. The molecular formula is C15H19N3O2. The van der Waals surface area contributed by atoms with Gasteiger partial charge in [-0.15, -0.1) is 0 Å². The number of rotatable bonds is 3. The summed E-state index contributed by atoms with van der Waals surface area (Å²) in [5, 5.41) is 4.08. The summed E-state index contributed by atoms with van der Waals surface area (Å²) in [7, 11) is 1.66. The molecule has 5 nitrogen and oxygen atoms in total. The fraction of sp³-hybridized carbons (Fsp3) is 0.467. The van der Waals surface area contributed by atoms with Crippen molar-refractivity contribution < 1.29 is 9.26 Å². The maximum absolute atomic E-state index is 6.08. The van der Waals surface area contributed by atoms with E-state index in [0.717, 1.165) is 36.1 Å².